The van der Waals surface area contributed by atoms with Crippen molar-refractivity contribution in [3.05, 3.63) is 35.7 Å². The van der Waals surface area contributed by atoms with Crippen LogP contribution in [0.25, 0.3) is 22.2 Å². The summed E-state index contributed by atoms with van der Waals surface area (Å²) in [5.74, 6) is 0.140. The van der Waals surface area contributed by atoms with Crippen LogP contribution in [-0.4, -0.2) is 46.4 Å². The summed E-state index contributed by atoms with van der Waals surface area (Å²) < 4.78 is 55.5. The van der Waals surface area contributed by atoms with E-state index in [4.69, 9.17) is 0 Å². The van der Waals surface area contributed by atoms with E-state index in [9.17, 15) is 23.0 Å². The zero-order valence-corrected chi connectivity index (χ0v) is 19.3. The summed E-state index contributed by atoms with van der Waals surface area (Å²) in [4.78, 5) is 11.3. The molecule has 0 spiro atoms. The molecule has 0 amide bonds. The van der Waals surface area contributed by atoms with Crippen molar-refractivity contribution in [1.82, 2.24) is 20.3 Å². The fraction of sp³-hybridized carbons (Fsp3) is 0.435. The third-order valence-electron chi connectivity index (χ3n) is 6.67. The van der Waals surface area contributed by atoms with Crippen LogP contribution in [0.15, 0.2) is 24.5 Å². The number of alkyl halides is 3. The van der Waals surface area contributed by atoms with Gasteiger partial charge in [0.2, 0.25) is 5.95 Å². The Balaban J connectivity index is 1.66. The molecule has 3 N–H and O–H groups in total. The number of hydrogen-bond donors (Lipinski definition) is 3. The highest BCUT2D eigenvalue weighted by Crippen LogP contribution is 2.53. The van der Waals surface area contributed by atoms with Gasteiger partial charge in [0.1, 0.15) is 12.7 Å². The van der Waals surface area contributed by atoms with Gasteiger partial charge in [-0.3, -0.25) is 0 Å². The number of halogens is 3. The van der Waals surface area contributed by atoms with E-state index in [0.29, 0.717) is 34.1 Å². The van der Waals surface area contributed by atoms with Gasteiger partial charge in [-0.2, -0.15) is 18.4 Å². The van der Waals surface area contributed by atoms with Crippen molar-refractivity contribution in [2.24, 2.45) is 0 Å². The van der Waals surface area contributed by atoms with Gasteiger partial charge in [0, 0.05) is 41.7 Å². The number of nitrogens with one attached hydrogen (secondary N) is 3. The van der Waals surface area contributed by atoms with E-state index in [2.05, 4.69) is 31.7 Å². The van der Waals surface area contributed by atoms with Gasteiger partial charge in [-0.15, -0.1) is 0 Å². The van der Waals surface area contributed by atoms with Crippen LogP contribution in [0, 0.1) is 11.3 Å². The third kappa shape index (κ3) is 4.08. The smallest absolute Gasteiger partial charge is 0.360 e. The van der Waals surface area contributed by atoms with Crippen LogP contribution in [0.3, 0.4) is 0 Å². The van der Waals surface area contributed by atoms with Gasteiger partial charge in [-0.05, 0) is 44.8 Å². The van der Waals surface area contributed by atoms with E-state index in [1.807, 2.05) is 0 Å². The molecule has 3 aromatic rings. The van der Waals surface area contributed by atoms with Crippen molar-refractivity contribution in [2.45, 2.75) is 37.9 Å². The number of nitrogens with zero attached hydrogens (tertiary/aromatic N) is 3. The summed E-state index contributed by atoms with van der Waals surface area (Å²) in [6.07, 6.45) is 1.88. The Labute approximate surface area is 194 Å². The second-order valence-corrected chi connectivity index (χ2v) is 12.0. The molecule has 2 aliphatic heterocycles. The van der Waals surface area contributed by atoms with Gasteiger partial charge in [0.25, 0.3) is 0 Å². The van der Waals surface area contributed by atoms with Crippen LogP contribution in [0.1, 0.15) is 36.8 Å². The first-order valence-electron chi connectivity index (χ1n) is 11.3. The van der Waals surface area contributed by atoms with Crippen molar-refractivity contribution in [1.29, 1.82) is 5.26 Å². The minimum Gasteiger partial charge on any atom is -0.360 e. The maximum Gasteiger partial charge on any atom is 0.419 e. The van der Waals surface area contributed by atoms with Crippen molar-refractivity contribution in [3.63, 3.8) is 0 Å². The molecule has 2 saturated heterocycles. The number of aromatic amines is 1. The molecule has 0 atom stereocenters. The number of benzene rings is 1. The molecule has 0 aliphatic carbocycles. The molecule has 0 radical (unpaired) electrons. The predicted molar refractivity (Wildman–Crippen MR) is 125 cm³/mol. The molecule has 5 rings (SSSR count). The number of fused-ring (bicyclic) bond motifs is 1. The Morgan fingerprint density at radius 3 is 2.59 bits per heavy atom. The molecule has 178 valence electrons. The number of H-pyrrole nitrogens is 1. The molecule has 2 aromatic heterocycles. The van der Waals surface area contributed by atoms with Crippen LogP contribution < -0.4 is 15.9 Å². The Kier molecular flexibility index (Phi) is 5.86. The molecule has 11 heteroatoms. The van der Waals surface area contributed by atoms with E-state index in [1.54, 1.807) is 12.1 Å². The van der Waals surface area contributed by atoms with E-state index < -0.39 is 18.9 Å². The molecule has 0 bridgehead atoms. The Bertz CT molecular complexity index is 1310. The lowest BCUT2D eigenvalue weighted by molar-refractivity contribution is -0.137. The molecule has 34 heavy (non-hydrogen) atoms. The van der Waals surface area contributed by atoms with Gasteiger partial charge >= 0.3 is 6.18 Å². The highest BCUT2D eigenvalue weighted by Gasteiger charge is 2.38. The molecule has 1 aromatic carbocycles. The predicted octanol–water partition coefficient (Wildman–Crippen LogP) is 4.46. The lowest BCUT2D eigenvalue weighted by atomic mass is 10.0. The molecular formula is C23H24F3N6OP. The van der Waals surface area contributed by atoms with Crippen molar-refractivity contribution in [2.75, 3.05) is 30.7 Å². The second kappa shape index (κ2) is 8.71. The van der Waals surface area contributed by atoms with Gasteiger partial charge in [-0.25, -0.2) is 9.97 Å². The maximum absolute atomic E-state index is 13.9. The van der Waals surface area contributed by atoms with Crippen LogP contribution >= 0.6 is 7.14 Å². The van der Waals surface area contributed by atoms with Gasteiger partial charge in [0.15, 0.2) is 0 Å². The number of anilines is 1. The SMILES string of the molecule is N#Cc1ccc2c(-c3nc(NC4CCNCC4)ncc3C(F)(F)F)c[nH]c2c1P1(=O)CCCC1. The summed E-state index contributed by atoms with van der Waals surface area (Å²) in [5.41, 5.74) is -0.181. The topological polar surface area (TPSA) is 106 Å². The summed E-state index contributed by atoms with van der Waals surface area (Å²) in [6, 6.07) is 5.35. The summed E-state index contributed by atoms with van der Waals surface area (Å²) in [6.45, 7) is 1.63. The van der Waals surface area contributed by atoms with Gasteiger partial charge in [-0.1, -0.05) is 6.07 Å². The average Bonchev–Trinajstić information content (AvgIpc) is 3.45. The lowest BCUT2D eigenvalue weighted by Gasteiger charge is -2.24. The molecule has 7 nitrogen and oxygen atoms in total. The molecule has 2 fully saturated rings. The van der Waals surface area contributed by atoms with Crippen molar-refractivity contribution >= 4 is 29.3 Å². The van der Waals surface area contributed by atoms with E-state index in [0.717, 1.165) is 45.0 Å². The monoisotopic (exact) mass is 488 g/mol. The van der Waals surface area contributed by atoms with Crippen LogP contribution in [0.5, 0.6) is 0 Å². The first-order valence-corrected chi connectivity index (χ1v) is 13.4. The first kappa shape index (κ1) is 22.9. The molecule has 4 heterocycles. The van der Waals surface area contributed by atoms with Crippen molar-refractivity contribution < 1.29 is 17.7 Å². The minimum atomic E-state index is -4.65. The fourth-order valence-electron chi connectivity index (χ4n) is 4.98. The summed E-state index contributed by atoms with van der Waals surface area (Å²) >= 11 is 0. The second-order valence-electron chi connectivity index (χ2n) is 8.86. The van der Waals surface area contributed by atoms with Gasteiger partial charge in [0.05, 0.1) is 28.1 Å². The normalized spacial score (nSPS) is 18.8. The quantitative estimate of drug-likeness (QED) is 0.468. The largest absolute Gasteiger partial charge is 0.419 e. The zero-order valence-electron chi connectivity index (χ0n) is 18.4. The molecular weight excluding hydrogens is 464 g/mol. The zero-order chi connectivity index (χ0) is 23.9. The highest BCUT2D eigenvalue weighted by atomic mass is 31.2. The van der Waals surface area contributed by atoms with E-state index >= 15 is 0 Å². The number of aromatic nitrogens is 3. The molecule has 0 saturated carbocycles. The lowest BCUT2D eigenvalue weighted by Crippen LogP contribution is -2.35. The average molecular weight is 488 g/mol. The number of nitriles is 1. The third-order valence-corrected chi connectivity index (χ3v) is 10.0. The molecule has 0 unspecified atom stereocenters. The van der Waals surface area contributed by atoms with Crippen LogP contribution in [0.2, 0.25) is 0 Å². The summed E-state index contributed by atoms with van der Waals surface area (Å²) in [7, 11) is -2.81. The summed E-state index contributed by atoms with van der Waals surface area (Å²) in [5, 5.41) is 17.0. The van der Waals surface area contributed by atoms with Crippen molar-refractivity contribution in [3.8, 4) is 17.3 Å². The van der Waals surface area contributed by atoms with Crippen LogP contribution in [-0.2, 0) is 10.7 Å². The number of hydrogen-bond acceptors (Lipinski definition) is 6. The number of rotatable bonds is 4. The van der Waals surface area contributed by atoms with E-state index in [-0.39, 0.29) is 23.2 Å². The van der Waals surface area contributed by atoms with E-state index in [1.165, 1.54) is 6.20 Å². The Morgan fingerprint density at radius 2 is 1.91 bits per heavy atom. The van der Waals surface area contributed by atoms with Gasteiger partial charge < -0.3 is 20.2 Å². The highest BCUT2D eigenvalue weighted by molar-refractivity contribution is 7.72. The van der Waals surface area contributed by atoms with Crippen LogP contribution in [0.4, 0.5) is 19.1 Å². The fourth-order valence-corrected chi connectivity index (χ4v) is 8.27. The number of piperidine rings is 1. The Hall–Kier alpha value is -2.89. The maximum atomic E-state index is 13.9. The Morgan fingerprint density at radius 1 is 1.18 bits per heavy atom. The molecule has 2 aliphatic rings. The standard InChI is InChI=1S/C23H24F3N6OP/c24-23(25,26)18-13-30-22(31-15-5-7-28-8-6-15)32-19(18)17-12-29-20-16(17)4-3-14(11-27)21(20)34(33)9-1-2-10-34/h3-4,12-13,15,28-29H,1-2,5-10H2,(H,30,31,32). The minimum absolute atomic E-state index is 0.0751. The first-order chi connectivity index (χ1) is 16.3.